The van der Waals surface area contributed by atoms with E-state index in [0.717, 1.165) is 30.3 Å². The minimum absolute atomic E-state index is 0.0869. The van der Waals surface area contributed by atoms with Gasteiger partial charge in [-0.1, -0.05) is 0 Å². The summed E-state index contributed by atoms with van der Waals surface area (Å²) in [5.41, 5.74) is 1.54. The molecule has 0 unspecified atom stereocenters. The number of rotatable bonds is 7. The van der Waals surface area contributed by atoms with Gasteiger partial charge in [0.2, 0.25) is 11.6 Å². The lowest BCUT2D eigenvalue weighted by Gasteiger charge is -2.07. The maximum atomic E-state index is 11.7. The molecular weight excluding hydrogens is 514 g/mol. The fourth-order valence-electron chi connectivity index (χ4n) is 2.77. The van der Waals surface area contributed by atoms with Gasteiger partial charge in [0.15, 0.2) is 5.69 Å². The Hall–Kier alpha value is -4.39. The van der Waals surface area contributed by atoms with Gasteiger partial charge in [0.05, 0.1) is 16.1 Å². The van der Waals surface area contributed by atoms with Crippen molar-refractivity contribution in [1.29, 1.82) is 0 Å². The fraction of sp³-hybridized carbons (Fsp3) is 0. The molecule has 3 aromatic rings. The number of aromatic nitrogens is 2. The second-order valence-corrected chi connectivity index (χ2v) is 9.41. The van der Waals surface area contributed by atoms with Crippen molar-refractivity contribution in [3.05, 3.63) is 47.7 Å². The zero-order valence-corrected chi connectivity index (χ0v) is 18.5. The van der Waals surface area contributed by atoms with E-state index in [1.165, 1.54) is 0 Å². The summed E-state index contributed by atoms with van der Waals surface area (Å²) in [6, 6.07) is 5.47. The molecule has 184 valence electrons. The van der Waals surface area contributed by atoms with Crippen molar-refractivity contribution < 1.29 is 50.8 Å². The average molecular weight is 527 g/mol. The molecule has 0 atom stereocenters. The van der Waals surface area contributed by atoms with Crippen molar-refractivity contribution >= 4 is 49.2 Å². The second-order valence-electron chi connectivity index (χ2n) is 6.60. The van der Waals surface area contributed by atoms with Gasteiger partial charge in [-0.15, -0.1) is 10.2 Å². The molecule has 0 aliphatic rings. The first-order valence-corrected chi connectivity index (χ1v) is 11.7. The normalized spacial score (nSPS) is 12.2. The molecule has 1 aromatic heterocycles. The van der Waals surface area contributed by atoms with E-state index in [4.69, 9.17) is 10.3 Å². The summed E-state index contributed by atoms with van der Waals surface area (Å²) in [5, 5.41) is 39.7. The molecular formula is C17H13N5O11S2. The van der Waals surface area contributed by atoms with E-state index < -0.39 is 70.5 Å². The van der Waals surface area contributed by atoms with Crippen LogP contribution in [-0.2, 0) is 20.2 Å². The summed E-state index contributed by atoms with van der Waals surface area (Å²) in [5.74, 6) is -4.41. The molecule has 3 rings (SSSR count). The lowest BCUT2D eigenvalue weighted by Crippen LogP contribution is -2.06. The van der Waals surface area contributed by atoms with Crippen molar-refractivity contribution in [3.63, 3.8) is 0 Å². The summed E-state index contributed by atoms with van der Waals surface area (Å²) >= 11 is 0. The Labute approximate surface area is 195 Å². The van der Waals surface area contributed by atoms with Crippen LogP contribution in [0.3, 0.4) is 0 Å². The number of aromatic hydroxyl groups is 1. The maximum absolute atomic E-state index is 11.7. The third-order valence-corrected chi connectivity index (χ3v) is 6.01. The molecule has 16 nitrogen and oxygen atoms in total. The van der Waals surface area contributed by atoms with E-state index in [2.05, 4.69) is 15.3 Å². The zero-order chi connectivity index (χ0) is 26.3. The molecule has 7 N–H and O–H groups in total. The van der Waals surface area contributed by atoms with Crippen molar-refractivity contribution in [3.8, 4) is 11.6 Å². The Morgan fingerprint density at radius 2 is 1.46 bits per heavy atom. The molecule has 0 saturated heterocycles. The number of azo groups is 1. The molecule has 0 saturated carbocycles. The first-order chi connectivity index (χ1) is 16.1. The van der Waals surface area contributed by atoms with Gasteiger partial charge >= 0.3 is 11.9 Å². The lowest BCUT2D eigenvalue weighted by molar-refractivity contribution is 0.0682. The van der Waals surface area contributed by atoms with Gasteiger partial charge < -0.3 is 21.1 Å². The molecule has 0 spiro atoms. The van der Waals surface area contributed by atoms with Crippen LogP contribution in [0, 0.1) is 0 Å². The molecule has 18 heteroatoms. The highest BCUT2D eigenvalue weighted by molar-refractivity contribution is 7.86. The largest absolute Gasteiger partial charge is 0.492 e. The van der Waals surface area contributed by atoms with E-state index >= 15 is 0 Å². The Bertz CT molecular complexity index is 1610. The Morgan fingerprint density at radius 1 is 0.886 bits per heavy atom. The van der Waals surface area contributed by atoms with Crippen LogP contribution < -0.4 is 5.73 Å². The van der Waals surface area contributed by atoms with E-state index in [0.29, 0.717) is 10.7 Å². The maximum Gasteiger partial charge on any atom is 0.358 e. The number of aromatic carboxylic acids is 2. The van der Waals surface area contributed by atoms with E-state index in [-0.39, 0.29) is 11.4 Å². The van der Waals surface area contributed by atoms with Crippen LogP contribution in [0.15, 0.2) is 56.4 Å². The molecule has 0 amide bonds. The van der Waals surface area contributed by atoms with Crippen molar-refractivity contribution in [1.82, 2.24) is 9.78 Å². The van der Waals surface area contributed by atoms with Gasteiger partial charge in [0.1, 0.15) is 10.6 Å². The van der Waals surface area contributed by atoms with Gasteiger partial charge in [-0.05, 0) is 36.4 Å². The van der Waals surface area contributed by atoms with Gasteiger partial charge in [0, 0.05) is 5.69 Å². The molecule has 0 fully saturated rings. The predicted octanol–water partition coefficient (Wildman–Crippen LogP) is 1.47. The van der Waals surface area contributed by atoms with Crippen LogP contribution >= 0.6 is 0 Å². The standard InChI is InChI=1S/C17H13N5O11S2/c18-7-5-10(16(24)25)12(11(6-7)35(31,32)33)19-20-13-14(17(26)27)21-22(15(13)23)8-1-3-9(4-2-8)34(28,29)30/h1-6,23H,18H2,(H,24,25)(H,26,27)(H,28,29,30)(H,31,32,33)/b20-19-. The van der Waals surface area contributed by atoms with E-state index in [1.54, 1.807) is 0 Å². The highest BCUT2D eigenvalue weighted by Crippen LogP contribution is 2.37. The Kier molecular flexibility index (Phi) is 6.31. The number of carboxylic acid groups (broad SMARTS) is 2. The van der Waals surface area contributed by atoms with Crippen LogP contribution in [0.5, 0.6) is 5.88 Å². The molecule has 0 aliphatic carbocycles. The summed E-state index contributed by atoms with van der Waals surface area (Å²) in [4.78, 5) is 21.6. The van der Waals surface area contributed by atoms with Crippen LogP contribution in [0.1, 0.15) is 20.8 Å². The quantitative estimate of drug-likeness (QED) is 0.144. The predicted molar refractivity (Wildman–Crippen MR) is 114 cm³/mol. The first-order valence-electron chi connectivity index (χ1n) is 8.80. The summed E-state index contributed by atoms with van der Waals surface area (Å²) in [6.07, 6.45) is 0. The third kappa shape index (κ3) is 5.09. The van der Waals surface area contributed by atoms with Gasteiger partial charge in [-0.3, -0.25) is 9.11 Å². The average Bonchev–Trinajstić information content (AvgIpc) is 3.07. The Balaban J connectivity index is 2.21. The van der Waals surface area contributed by atoms with Crippen molar-refractivity contribution in [2.45, 2.75) is 9.79 Å². The van der Waals surface area contributed by atoms with E-state index in [1.807, 2.05) is 0 Å². The number of nitrogens with zero attached hydrogens (tertiary/aromatic N) is 4. The Morgan fingerprint density at radius 3 is 1.94 bits per heavy atom. The minimum Gasteiger partial charge on any atom is -0.492 e. The van der Waals surface area contributed by atoms with Crippen LogP contribution in [0.25, 0.3) is 5.69 Å². The molecule has 35 heavy (non-hydrogen) atoms. The molecule has 2 aromatic carbocycles. The summed E-state index contributed by atoms with van der Waals surface area (Å²) in [7, 11) is -9.62. The molecule has 1 heterocycles. The van der Waals surface area contributed by atoms with Crippen LogP contribution in [0.2, 0.25) is 0 Å². The summed E-state index contributed by atoms with van der Waals surface area (Å²) in [6.45, 7) is 0. The number of carboxylic acids is 2. The fourth-order valence-corrected chi connectivity index (χ4v) is 3.93. The number of carbonyl (C=O) groups is 2. The minimum atomic E-state index is -5.07. The van der Waals surface area contributed by atoms with Crippen molar-refractivity contribution in [2.75, 3.05) is 5.73 Å². The number of hydrogen-bond acceptors (Lipinski definition) is 11. The van der Waals surface area contributed by atoms with Gasteiger partial charge in [0.25, 0.3) is 20.2 Å². The van der Waals surface area contributed by atoms with Crippen molar-refractivity contribution in [2.24, 2.45) is 10.2 Å². The smallest absolute Gasteiger partial charge is 0.358 e. The SMILES string of the molecule is Nc1cc(C(=O)O)c(/N=N\c2c(C(=O)O)nn(-c3ccc(S(=O)(=O)O)cc3)c2O)c(S(=O)(=O)O)c1. The number of benzene rings is 2. The molecule has 0 aliphatic heterocycles. The highest BCUT2D eigenvalue weighted by Gasteiger charge is 2.27. The zero-order valence-electron chi connectivity index (χ0n) is 16.8. The first kappa shape index (κ1) is 25.2. The van der Waals surface area contributed by atoms with Gasteiger partial charge in [-0.25, -0.2) is 9.59 Å². The number of nitrogen functional groups attached to an aromatic ring is 1. The number of hydrogen-bond donors (Lipinski definition) is 6. The second kappa shape index (κ2) is 8.76. The number of anilines is 1. The topological polar surface area (TPSA) is 272 Å². The molecule has 0 radical (unpaired) electrons. The number of nitrogens with two attached hydrogens (primary N) is 1. The summed E-state index contributed by atoms with van der Waals surface area (Å²) < 4.78 is 64.9. The molecule has 0 bridgehead atoms. The van der Waals surface area contributed by atoms with Gasteiger partial charge in [-0.2, -0.15) is 26.6 Å². The third-order valence-electron chi connectivity index (χ3n) is 4.27. The van der Waals surface area contributed by atoms with Crippen LogP contribution in [-0.4, -0.2) is 63.0 Å². The van der Waals surface area contributed by atoms with Crippen LogP contribution in [0.4, 0.5) is 17.1 Å². The monoisotopic (exact) mass is 527 g/mol. The lowest BCUT2D eigenvalue weighted by atomic mass is 10.1. The van der Waals surface area contributed by atoms with E-state index in [9.17, 15) is 46.3 Å². The highest BCUT2D eigenvalue weighted by atomic mass is 32.2.